The van der Waals surface area contributed by atoms with Crippen molar-refractivity contribution in [3.05, 3.63) is 11.9 Å². The SMILES string of the molecule is CNc1cnc2c(n1)C(=O)NC(NC1CCCC1)(NC1CCN(S(=O)(=O)C3CC3)CC1)N2. The van der Waals surface area contributed by atoms with Crippen LogP contribution in [0.2, 0.25) is 0 Å². The van der Waals surface area contributed by atoms with Gasteiger partial charge in [0, 0.05) is 32.2 Å². The van der Waals surface area contributed by atoms with Crippen LogP contribution in [0.4, 0.5) is 11.6 Å². The molecular formula is C20H32N8O3S. The quantitative estimate of drug-likeness (QED) is 0.362. The summed E-state index contributed by atoms with van der Waals surface area (Å²) in [6, 6.07) is 0.296. The monoisotopic (exact) mass is 464 g/mol. The van der Waals surface area contributed by atoms with Crippen molar-refractivity contribution < 1.29 is 13.2 Å². The van der Waals surface area contributed by atoms with Crippen LogP contribution in [0.3, 0.4) is 0 Å². The van der Waals surface area contributed by atoms with Gasteiger partial charge in [0.2, 0.25) is 15.9 Å². The van der Waals surface area contributed by atoms with Gasteiger partial charge in [-0.15, -0.1) is 0 Å². The Labute approximate surface area is 188 Å². The van der Waals surface area contributed by atoms with Crippen LogP contribution in [0.5, 0.6) is 0 Å². The Balaban J connectivity index is 1.33. The zero-order chi connectivity index (χ0) is 22.3. The maximum absolute atomic E-state index is 13.0. The molecule has 2 aliphatic carbocycles. The average molecular weight is 465 g/mol. The first kappa shape index (κ1) is 21.8. The predicted octanol–water partition coefficient (Wildman–Crippen LogP) is 0.363. The number of carbonyl (C=O) groups excluding carboxylic acids is 1. The summed E-state index contributed by atoms with van der Waals surface area (Å²) in [6.07, 6.45) is 8.88. The number of hydrogen-bond acceptors (Lipinski definition) is 9. The Morgan fingerprint density at radius 2 is 1.69 bits per heavy atom. The molecule has 4 aliphatic rings. The lowest BCUT2D eigenvalue weighted by atomic mass is 10.1. The lowest BCUT2D eigenvalue weighted by molar-refractivity contribution is 0.0796. The zero-order valence-electron chi connectivity index (χ0n) is 18.4. The number of fused-ring (bicyclic) bond motifs is 1. The van der Waals surface area contributed by atoms with Crippen LogP contribution in [0.15, 0.2) is 6.20 Å². The van der Waals surface area contributed by atoms with E-state index in [0.29, 0.717) is 37.6 Å². The molecule has 5 N–H and O–H groups in total. The molecule has 2 aliphatic heterocycles. The molecule has 0 bridgehead atoms. The number of sulfonamides is 1. The third-order valence-corrected chi connectivity index (χ3v) is 9.21. The molecule has 3 fully saturated rings. The highest BCUT2D eigenvalue weighted by Crippen LogP contribution is 2.32. The van der Waals surface area contributed by atoms with Crippen molar-refractivity contribution in [1.29, 1.82) is 0 Å². The van der Waals surface area contributed by atoms with Crippen LogP contribution in [0.25, 0.3) is 0 Å². The van der Waals surface area contributed by atoms with E-state index in [9.17, 15) is 13.2 Å². The van der Waals surface area contributed by atoms with Crippen molar-refractivity contribution in [3.63, 3.8) is 0 Å². The van der Waals surface area contributed by atoms with Gasteiger partial charge in [-0.1, -0.05) is 12.8 Å². The van der Waals surface area contributed by atoms with E-state index in [0.717, 1.165) is 38.5 Å². The molecule has 1 amide bonds. The lowest BCUT2D eigenvalue weighted by Gasteiger charge is -2.45. The van der Waals surface area contributed by atoms with Crippen molar-refractivity contribution in [2.45, 2.75) is 74.6 Å². The third-order valence-electron chi connectivity index (χ3n) is 6.81. The van der Waals surface area contributed by atoms with Crippen molar-refractivity contribution in [3.8, 4) is 0 Å². The molecule has 1 aromatic rings. The minimum Gasteiger partial charge on any atom is -0.372 e. The highest BCUT2D eigenvalue weighted by molar-refractivity contribution is 7.90. The Hall–Kier alpha value is -2.02. The molecule has 176 valence electrons. The van der Waals surface area contributed by atoms with Crippen molar-refractivity contribution in [2.24, 2.45) is 0 Å². The summed E-state index contributed by atoms with van der Waals surface area (Å²) in [6.45, 7) is 0.984. The Morgan fingerprint density at radius 3 is 2.31 bits per heavy atom. The Morgan fingerprint density at radius 1 is 1.03 bits per heavy atom. The molecule has 1 atom stereocenters. The van der Waals surface area contributed by atoms with Crippen LogP contribution in [-0.2, 0) is 10.0 Å². The van der Waals surface area contributed by atoms with Crippen LogP contribution in [0.1, 0.15) is 61.9 Å². The van der Waals surface area contributed by atoms with Crippen LogP contribution < -0.4 is 26.6 Å². The normalized spacial score (nSPS) is 27.6. The third kappa shape index (κ3) is 4.28. The largest absolute Gasteiger partial charge is 0.372 e. The van der Waals surface area contributed by atoms with E-state index in [1.807, 2.05) is 0 Å². The molecule has 1 aromatic heterocycles. The number of aromatic nitrogens is 2. The van der Waals surface area contributed by atoms with Gasteiger partial charge >= 0.3 is 0 Å². The van der Waals surface area contributed by atoms with Gasteiger partial charge in [0.15, 0.2) is 11.5 Å². The molecule has 12 heteroatoms. The highest BCUT2D eigenvalue weighted by Gasteiger charge is 2.45. The summed E-state index contributed by atoms with van der Waals surface area (Å²) in [5, 5.41) is 16.3. The Kier molecular flexibility index (Phi) is 5.72. The van der Waals surface area contributed by atoms with Gasteiger partial charge in [-0.3, -0.25) is 15.4 Å². The van der Waals surface area contributed by atoms with Gasteiger partial charge in [-0.25, -0.2) is 22.7 Å². The number of nitrogens with zero attached hydrogens (tertiary/aromatic N) is 3. The number of nitrogens with one attached hydrogen (secondary N) is 5. The first-order valence-corrected chi connectivity index (χ1v) is 13.1. The topological polar surface area (TPSA) is 140 Å². The molecule has 32 heavy (non-hydrogen) atoms. The van der Waals surface area contributed by atoms with Crippen LogP contribution >= 0.6 is 0 Å². The standard InChI is InChI=1S/C20H32N8O3S/c1-21-16-12-22-18-17(23-16)19(29)27-20(26-18,24-13-4-2-3-5-13)25-14-8-10-28(11-9-14)32(30,31)15-6-7-15/h12-15,24-25H,2-11H2,1H3,(H,21,23)(H,22,26)(H,27,29). The number of amides is 1. The second kappa shape index (κ2) is 8.40. The van der Waals surface area contributed by atoms with Gasteiger partial charge in [0.05, 0.1) is 11.4 Å². The van der Waals surface area contributed by atoms with Crippen molar-refractivity contribution >= 4 is 27.6 Å². The number of hydrogen-bond donors (Lipinski definition) is 5. The summed E-state index contributed by atoms with van der Waals surface area (Å²) in [5.41, 5.74) is 0.243. The smallest absolute Gasteiger partial charge is 0.277 e. The Bertz CT molecular complexity index is 971. The molecule has 11 nitrogen and oxygen atoms in total. The van der Waals surface area contributed by atoms with Crippen LogP contribution in [0, 0.1) is 0 Å². The van der Waals surface area contributed by atoms with E-state index < -0.39 is 15.9 Å². The van der Waals surface area contributed by atoms with Crippen LogP contribution in [-0.4, -0.2) is 72.0 Å². The zero-order valence-corrected chi connectivity index (χ0v) is 19.2. The molecule has 0 radical (unpaired) electrons. The maximum atomic E-state index is 13.0. The van der Waals surface area contributed by atoms with E-state index in [4.69, 9.17) is 0 Å². The lowest BCUT2D eigenvalue weighted by Crippen LogP contribution is -2.77. The van der Waals surface area contributed by atoms with E-state index in [2.05, 4.69) is 36.6 Å². The molecule has 3 heterocycles. The van der Waals surface area contributed by atoms with Gasteiger partial charge in [-0.05, 0) is 38.5 Å². The van der Waals surface area contributed by atoms with Gasteiger partial charge in [-0.2, -0.15) is 0 Å². The summed E-state index contributed by atoms with van der Waals surface area (Å²) in [5.74, 6) is -0.430. The molecule has 0 spiro atoms. The number of carbonyl (C=O) groups is 1. The summed E-state index contributed by atoms with van der Waals surface area (Å²) >= 11 is 0. The first-order chi connectivity index (χ1) is 15.4. The van der Waals surface area contributed by atoms with Crippen molar-refractivity contribution in [2.75, 3.05) is 30.8 Å². The minimum absolute atomic E-state index is 0.0356. The van der Waals surface area contributed by atoms with Crippen molar-refractivity contribution in [1.82, 2.24) is 30.2 Å². The second-order valence-corrected chi connectivity index (χ2v) is 11.4. The second-order valence-electron chi connectivity index (χ2n) is 9.22. The molecular weight excluding hydrogens is 432 g/mol. The summed E-state index contributed by atoms with van der Waals surface area (Å²) in [4.78, 5) is 21.8. The summed E-state index contributed by atoms with van der Waals surface area (Å²) in [7, 11) is -1.42. The van der Waals surface area contributed by atoms with Gasteiger partial charge < -0.3 is 16.0 Å². The fourth-order valence-electron chi connectivity index (χ4n) is 4.90. The fraction of sp³-hybridized carbons (Fsp3) is 0.750. The summed E-state index contributed by atoms with van der Waals surface area (Å²) < 4.78 is 26.8. The predicted molar refractivity (Wildman–Crippen MR) is 120 cm³/mol. The number of anilines is 2. The average Bonchev–Trinajstić information content (AvgIpc) is 3.53. The first-order valence-electron chi connectivity index (χ1n) is 11.6. The number of piperidine rings is 1. The molecule has 0 aromatic carbocycles. The highest BCUT2D eigenvalue weighted by atomic mass is 32.2. The van der Waals surface area contributed by atoms with E-state index in [1.165, 1.54) is 0 Å². The fourth-order valence-corrected chi connectivity index (χ4v) is 6.77. The maximum Gasteiger partial charge on any atom is 0.277 e. The minimum atomic E-state index is -3.15. The van der Waals surface area contributed by atoms with E-state index in [-0.39, 0.29) is 28.9 Å². The molecule has 1 unspecified atom stereocenters. The molecule has 2 saturated carbocycles. The van der Waals surface area contributed by atoms with Gasteiger partial charge in [0.25, 0.3) is 5.91 Å². The molecule has 5 rings (SSSR count). The van der Waals surface area contributed by atoms with Gasteiger partial charge in [0.1, 0.15) is 5.82 Å². The van der Waals surface area contributed by atoms with E-state index in [1.54, 1.807) is 17.5 Å². The molecule has 1 saturated heterocycles. The van der Waals surface area contributed by atoms with E-state index >= 15 is 0 Å². The number of rotatable bonds is 7.